The van der Waals surface area contributed by atoms with Crippen LogP contribution in [0.3, 0.4) is 0 Å². The second kappa shape index (κ2) is 5.05. The van der Waals surface area contributed by atoms with Crippen molar-refractivity contribution < 1.29 is 9.15 Å². The van der Waals surface area contributed by atoms with Crippen LogP contribution in [0.25, 0.3) is 22.2 Å². The maximum absolute atomic E-state index is 12.0. The van der Waals surface area contributed by atoms with E-state index in [4.69, 9.17) is 9.15 Å². The van der Waals surface area contributed by atoms with E-state index in [-0.39, 0.29) is 0 Å². The smallest absolute Gasteiger partial charge is 0.345 e. The molecule has 0 unspecified atom stereocenters. The van der Waals surface area contributed by atoms with E-state index >= 15 is 0 Å². The Kier molecular flexibility index (Phi) is 3.23. The second-order valence-electron chi connectivity index (χ2n) is 4.09. The van der Waals surface area contributed by atoms with Gasteiger partial charge in [0.2, 0.25) is 0 Å². The Bertz CT molecular complexity index is 828. The number of fused-ring (bicyclic) bond motifs is 1. The van der Waals surface area contributed by atoms with Gasteiger partial charge in [-0.1, -0.05) is 0 Å². The van der Waals surface area contributed by atoms with Crippen molar-refractivity contribution in [3.05, 3.63) is 51.4 Å². The van der Waals surface area contributed by atoms with Crippen molar-refractivity contribution in [1.29, 1.82) is 0 Å². The lowest BCUT2D eigenvalue weighted by molar-refractivity contribution is 0.415. The molecule has 0 aliphatic heterocycles. The molecular formula is C14H9BrN2O3. The molecule has 2 aromatic heterocycles. The van der Waals surface area contributed by atoms with Crippen LogP contribution in [0.4, 0.5) is 0 Å². The van der Waals surface area contributed by atoms with E-state index in [0.29, 0.717) is 27.2 Å². The minimum absolute atomic E-state index is 0.366. The minimum Gasteiger partial charge on any atom is -0.497 e. The Morgan fingerprint density at radius 3 is 2.70 bits per heavy atom. The van der Waals surface area contributed by atoms with Gasteiger partial charge in [0.1, 0.15) is 21.6 Å². The van der Waals surface area contributed by atoms with Crippen LogP contribution in [0, 0.1) is 0 Å². The molecule has 0 fully saturated rings. The lowest BCUT2D eigenvalue weighted by Gasteiger charge is -2.03. The monoisotopic (exact) mass is 332 g/mol. The van der Waals surface area contributed by atoms with Gasteiger partial charge in [-0.15, -0.1) is 10.2 Å². The van der Waals surface area contributed by atoms with Gasteiger partial charge < -0.3 is 9.15 Å². The molecule has 0 saturated heterocycles. The van der Waals surface area contributed by atoms with E-state index < -0.39 is 5.63 Å². The number of halogens is 1. The Balaban J connectivity index is 2.22. The van der Waals surface area contributed by atoms with E-state index in [2.05, 4.69) is 26.1 Å². The lowest BCUT2D eigenvalue weighted by Crippen LogP contribution is -2.04. The maximum atomic E-state index is 12.0. The average Bonchev–Trinajstić information content (AvgIpc) is 2.47. The van der Waals surface area contributed by atoms with Gasteiger partial charge in [-0.05, 0) is 52.3 Å². The normalized spacial score (nSPS) is 10.7. The van der Waals surface area contributed by atoms with Crippen molar-refractivity contribution in [3.8, 4) is 17.0 Å². The van der Waals surface area contributed by atoms with Crippen LogP contribution >= 0.6 is 15.9 Å². The van der Waals surface area contributed by atoms with Gasteiger partial charge in [0.15, 0.2) is 0 Å². The zero-order valence-corrected chi connectivity index (χ0v) is 12.0. The van der Waals surface area contributed by atoms with Gasteiger partial charge in [0, 0.05) is 5.39 Å². The molecule has 0 spiro atoms. The lowest BCUT2D eigenvalue weighted by atomic mass is 10.1. The Morgan fingerprint density at radius 2 is 2.00 bits per heavy atom. The van der Waals surface area contributed by atoms with Gasteiger partial charge >= 0.3 is 5.63 Å². The second-order valence-corrected chi connectivity index (χ2v) is 4.91. The first kappa shape index (κ1) is 12.8. The molecule has 2 heterocycles. The third-order valence-electron chi connectivity index (χ3n) is 2.85. The topological polar surface area (TPSA) is 65.2 Å². The number of rotatable bonds is 2. The van der Waals surface area contributed by atoms with Crippen molar-refractivity contribution in [2.75, 3.05) is 7.11 Å². The first-order chi connectivity index (χ1) is 9.67. The molecule has 0 amide bonds. The summed E-state index contributed by atoms with van der Waals surface area (Å²) in [6.07, 6.45) is 0. The standard InChI is InChI=1S/C14H9BrN2O3/c1-19-9-2-4-12-8(6-9)7-10(14(18)20-12)11-3-5-13(15)17-16-11/h2-7H,1H3. The van der Waals surface area contributed by atoms with Gasteiger partial charge in [0.25, 0.3) is 0 Å². The molecular weight excluding hydrogens is 324 g/mol. The van der Waals surface area contributed by atoms with Gasteiger partial charge in [0.05, 0.1) is 12.7 Å². The Labute approximate surface area is 122 Å². The molecule has 0 atom stereocenters. The van der Waals surface area contributed by atoms with Crippen LogP contribution in [0.15, 0.2) is 50.2 Å². The summed E-state index contributed by atoms with van der Waals surface area (Å²) < 4.78 is 11.1. The first-order valence-electron chi connectivity index (χ1n) is 5.79. The number of nitrogens with zero attached hydrogens (tertiary/aromatic N) is 2. The van der Waals surface area contributed by atoms with Crippen LogP contribution < -0.4 is 10.4 Å². The van der Waals surface area contributed by atoms with Crippen LogP contribution in [0.1, 0.15) is 0 Å². The van der Waals surface area contributed by atoms with Crippen molar-refractivity contribution in [2.45, 2.75) is 0 Å². The van der Waals surface area contributed by atoms with Crippen molar-refractivity contribution in [3.63, 3.8) is 0 Å². The summed E-state index contributed by atoms with van der Waals surface area (Å²) >= 11 is 3.20. The first-order valence-corrected chi connectivity index (χ1v) is 6.58. The molecule has 0 radical (unpaired) electrons. The number of methoxy groups -OCH3 is 1. The Morgan fingerprint density at radius 1 is 1.15 bits per heavy atom. The fourth-order valence-corrected chi connectivity index (χ4v) is 2.08. The highest BCUT2D eigenvalue weighted by Gasteiger charge is 2.10. The van der Waals surface area contributed by atoms with E-state index in [1.54, 1.807) is 43.5 Å². The number of ether oxygens (including phenoxy) is 1. The van der Waals surface area contributed by atoms with E-state index in [9.17, 15) is 4.79 Å². The third kappa shape index (κ3) is 2.30. The molecule has 1 aromatic carbocycles. The highest BCUT2D eigenvalue weighted by molar-refractivity contribution is 9.10. The quantitative estimate of drug-likeness (QED) is 0.675. The van der Waals surface area contributed by atoms with Gasteiger partial charge in [-0.3, -0.25) is 0 Å². The minimum atomic E-state index is -0.445. The molecule has 0 bridgehead atoms. The third-order valence-corrected chi connectivity index (χ3v) is 3.27. The SMILES string of the molecule is COc1ccc2oc(=O)c(-c3ccc(Br)nn3)cc2c1. The van der Waals surface area contributed by atoms with Gasteiger partial charge in [-0.2, -0.15) is 0 Å². The van der Waals surface area contributed by atoms with Crippen LogP contribution in [0.5, 0.6) is 5.75 Å². The molecule has 5 nitrogen and oxygen atoms in total. The predicted octanol–water partition coefficient (Wildman–Crippen LogP) is 3.02. The fourth-order valence-electron chi connectivity index (χ4n) is 1.87. The largest absolute Gasteiger partial charge is 0.497 e. The highest BCUT2D eigenvalue weighted by atomic mass is 79.9. The van der Waals surface area contributed by atoms with Crippen molar-refractivity contribution in [1.82, 2.24) is 10.2 Å². The fraction of sp³-hybridized carbons (Fsp3) is 0.0714. The summed E-state index contributed by atoms with van der Waals surface area (Å²) in [5.41, 5.74) is 0.890. The summed E-state index contributed by atoms with van der Waals surface area (Å²) in [5.74, 6) is 0.694. The molecule has 0 N–H and O–H groups in total. The van der Waals surface area contributed by atoms with Crippen LogP contribution in [0.2, 0.25) is 0 Å². The van der Waals surface area contributed by atoms with E-state index in [1.807, 2.05) is 0 Å². The summed E-state index contributed by atoms with van der Waals surface area (Å²) in [6, 6.07) is 10.4. The van der Waals surface area contributed by atoms with E-state index in [0.717, 1.165) is 5.39 Å². The maximum Gasteiger partial charge on any atom is 0.345 e. The van der Waals surface area contributed by atoms with Crippen LogP contribution in [-0.4, -0.2) is 17.3 Å². The summed E-state index contributed by atoms with van der Waals surface area (Å²) in [7, 11) is 1.58. The summed E-state index contributed by atoms with van der Waals surface area (Å²) in [6.45, 7) is 0. The molecule has 100 valence electrons. The number of hydrogen-bond donors (Lipinski definition) is 0. The van der Waals surface area contributed by atoms with Gasteiger partial charge in [-0.25, -0.2) is 4.79 Å². The molecule has 0 saturated carbocycles. The van der Waals surface area contributed by atoms with Crippen LogP contribution in [-0.2, 0) is 0 Å². The number of aromatic nitrogens is 2. The average molecular weight is 333 g/mol. The summed E-state index contributed by atoms with van der Waals surface area (Å²) in [5, 5.41) is 8.61. The van der Waals surface area contributed by atoms with Crippen molar-refractivity contribution >= 4 is 26.9 Å². The summed E-state index contributed by atoms with van der Waals surface area (Å²) in [4.78, 5) is 12.0. The molecule has 20 heavy (non-hydrogen) atoms. The van der Waals surface area contributed by atoms with E-state index in [1.165, 1.54) is 0 Å². The zero-order valence-electron chi connectivity index (χ0n) is 10.5. The number of benzene rings is 1. The Hall–Kier alpha value is -2.21. The molecule has 3 aromatic rings. The molecule has 6 heteroatoms. The number of hydrogen-bond acceptors (Lipinski definition) is 5. The highest BCUT2D eigenvalue weighted by Crippen LogP contribution is 2.23. The molecule has 0 aliphatic rings. The zero-order chi connectivity index (χ0) is 14.1. The van der Waals surface area contributed by atoms with Crippen molar-refractivity contribution in [2.24, 2.45) is 0 Å². The molecule has 3 rings (SSSR count). The predicted molar refractivity (Wildman–Crippen MR) is 77.8 cm³/mol. The molecule has 0 aliphatic carbocycles.